The molecule has 0 spiro atoms. The van der Waals surface area contributed by atoms with Gasteiger partial charge in [0.25, 0.3) is 0 Å². The van der Waals surface area contributed by atoms with E-state index in [9.17, 15) is 9.59 Å². The number of hydrogen-bond acceptors (Lipinski definition) is 3. The van der Waals surface area contributed by atoms with E-state index in [1.54, 1.807) is 19.2 Å². The summed E-state index contributed by atoms with van der Waals surface area (Å²) in [5.74, 6) is -0.0845. The molecule has 1 aromatic rings. The molecular weight excluding hydrogens is 290 g/mol. The molecule has 0 aromatic heterocycles. The van der Waals surface area contributed by atoms with Crippen molar-refractivity contribution in [2.75, 3.05) is 20.1 Å². The average molecular weight is 310 g/mol. The Labute approximate surface area is 129 Å². The van der Waals surface area contributed by atoms with Crippen molar-refractivity contribution in [1.29, 1.82) is 0 Å². The van der Waals surface area contributed by atoms with Crippen LogP contribution in [-0.2, 0) is 16.1 Å². The topological polar surface area (TPSA) is 61.4 Å². The van der Waals surface area contributed by atoms with E-state index in [0.717, 1.165) is 24.9 Å². The highest BCUT2D eigenvalue weighted by Gasteiger charge is 2.30. The summed E-state index contributed by atoms with van der Waals surface area (Å²) in [6, 6.07) is 7.17. The van der Waals surface area contributed by atoms with Crippen LogP contribution in [0.2, 0.25) is 5.02 Å². The first kappa shape index (κ1) is 15.8. The van der Waals surface area contributed by atoms with E-state index < -0.39 is 0 Å². The molecule has 1 aliphatic heterocycles. The zero-order valence-corrected chi connectivity index (χ0v) is 12.8. The van der Waals surface area contributed by atoms with E-state index in [1.807, 2.05) is 17.0 Å². The second-order valence-electron chi connectivity index (χ2n) is 5.15. The van der Waals surface area contributed by atoms with Crippen LogP contribution in [0.3, 0.4) is 0 Å². The second kappa shape index (κ2) is 7.43. The molecule has 0 radical (unpaired) electrons. The third-order valence-electron chi connectivity index (χ3n) is 3.66. The molecule has 1 aromatic carbocycles. The molecule has 21 heavy (non-hydrogen) atoms. The molecule has 1 aliphatic rings. The first-order valence-corrected chi connectivity index (χ1v) is 7.44. The van der Waals surface area contributed by atoms with Crippen LogP contribution < -0.4 is 10.6 Å². The number of nitrogens with zero attached hydrogens (tertiary/aromatic N) is 1. The number of carbonyl (C=O) groups excluding carboxylic acids is 2. The van der Waals surface area contributed by atoms with Crippen molar-refractivity contribution in [3.8, 4) is 0 Å². The van der Waals surface area contributed by atoms with Crippen molar-refractivity contribution in [3.05, 3.63) is 34.9 Å². The quantitative estimate of drug-likeness (QED) is 0.858. The van der Waals surface area contributed by atoms with Gasteiger partial charge in [-0.05, 0) is 37.1 Å². The zero-order chi connectivity index (χ0) is 15.2. The van der Waals surface area contributed by atoms with Crippen molar-refractivity contribution in [2.45, 2.75) is 25.4 Å². The summed E-state index contributed by atoms with van der Waals surface area (Å²) in [6.45, 7) is 1.51. The molecule has 1 fully saturated rings. The van der Waals surface area contributed by atoms with Crippen molar-refractivity contribution in [3.63, 3.8) is 0 Å². The van der Waals surface area contributed by atoms with Gasteiger partial charge in [-0.15, -0.1) is 0 Å². The Bertz CT molecular complexity index is 504. The third kappa shape index (κ3) is 4.44. The fourth-order valence-electron chi connectivity index (χ4n) is 2.52. The Morgan fingerprint density at radius 1 is 1.33 bits per heavy atom. The van der Waals surface area contributed by atoms with Crippen molar-refractivity contribution < 1.29 is 9.59 Å². The molecule has 2 amide bonds. The van der Waals surface area contributed by atoms with Gasteiger partial charge in [0, 0.05) is 18.6 Å². The summed E-state index contributed by atoms with van der Waals surface area (Å²) in [5, 5.41) is 6.19. The predicted molar refractivity (Wildman–Crippen MR) is 82.0 cm³/mol. The summed E-state index contributed by atoms with van der Waals surface area (Å²) in [7, 11) is 1.62. The molecule has 0 unspecified atom stereocenters. The van der Waals surface area contributed by atoms with Crippen LogP contribution in [0.25, 0.3) is 0 Å². The number of nitrogens with one attached hydrogen (secondary N) is 2. The molecule has 1 atom stereocenters. The molecule has 2 N–H and O–H groups in total. The van der Waals surface area contributed by atoms with Crippen molar-refractivity contribution in [1.82, 2.24) is 15.5 Å². The van der Waals surface area contributed by atoms with Crippen molar-refractivity contribution >= 4 is 23.4 Å². The minimum Gasteiger partial charge on any atom is -0.358 e. The summed E-state index contributed by atoms with van der Waals surface area (Å²) in [5.41, 5.74) is 0.997. The lowest BCUT2D eigenvalue weighted by Crippen LogP contribution is -2.46. The number of amides is 2. The van der Waals surface area contributed by atoms with E-state index in [-0.39, 0.29) is 24.4 Å². The van der Waals surface area contributed by atoms with Crippen LogP contribution in [0.5, 0.6) is 0 Å². The Hall–Kier alpha value is -1.59. The molecular formula is C15H20ClN3O2. The lowest BCUT2D eigenvalue weighted by Gasteiger charge is -2.22. The van der Waals surface area contributed by atoms with Gasteiger partial charge in [0.1, 0.15) is 0 Å². The van der Waals surface area contributed by atoms with Gasteiger partial charge in [-0.1, -0.05) is 23.7 Å². The second-order valence-corrected chi connectivity index (χ2v) is 5.58. The number of halogens is 1. The maximum Gasteiger partial charge on any atom is 0.237 e. The predicted octanol–water partition coefficient (Wildman–Crippen LogP) is 1.17. The molecule has 0 saturated carbocycles. The molecule has 0 aliphatic carbocycles. The largest absolute Gasteiger partial charge is 0.358 e. The lowest BCUT2D eigenvalue weighted by atomic mass is 10.2. The number of rotatable bonds is 5. The summed E-state index contributed by atoms with van der Waals surface area (Å²) in [6.07, 6.45) is 1.76. The molecule has 0 bridgehead atoms. The minimum absolute atomic E-state index is 0.0157. The molecule has 1 saturated heterocycles. The van der Waals surface area contributed by atoms with Crippen LogP contribution in [0.15, 0.2) is 24.3 Å². The summed E-state index contributed by atoms with van der Waals surface area (Å²) < 4.78 is 0. The van der Waals surface area contributed by atoms with Gasteiger partial charge in [-0.2, -0.15) is 0 Å². The fourth-order valence-corrected chi connectivity index (χ4v) is 2.65. The molecule has 1 heterocycles. The summed E-state index contributed by atoms with van der Waals surface area (Å²) >= 11 is 5.82. The maximum atomic E-state index is 12.0. The van der Waals surface area contributed by atoms with Crippen LogP contribution in [0.4, 0.5) is 0 Å². The first-order chi connectivity index (χ1) is 10.1. The van der Waals surface area contributed by atoms with Crippen LogP contribution >= 0.6 is 11.6 Å². The number of likely N-dealkylation sites (N-methyl/N-ethyl adjacent to an activating group) is 1. The Morgan fingerprint density at radius 2 is 2.05 bits per heavy atom. The smallest absolute Gasteiger partial charge is 0.237 e. The fraction of sp³-hybridized carbons (Fsp3) is 0.467. The minimum atomic E-state index is -0.184. The molecule has 6 heteroatoms. The van der Waals surface area contributed by atoms with Gasteiger partial charge in [0.05, 0.1) is 12.6 Å². The first-order valence-electron chi connectivity index (χ1n) is 7.07. The van der Waals surface area contributed by atoms with Crippen LogP contribution in [0.1, 0.15) is 18.4 Å². The SMILES string of the molecule is CNC(=O)[C@H]1CCCN1CC(=O)NCc1ccc(Cl)cc1. The number of benzene rings is 1. The van der Waals surface area contributed by atoms with Gasteiger partial charge in [0.15, 0.2) is 0 Å². The van der Waals surface area contributed by atoms with Gasteiger partial charge >= 0.3 is 0 Å². The van der Waals surface area contributed by atoms with Crippen LogP contribution in [0, 0.1) is 0 Å². The van der Waals surface area contributed by atoms with Crippen LogP contribution in [-0.4, -0.2) is 42.9 Å². The standard InChI is InChI=1S/C15H20ClN3O2/c1-17-15(21)13-3-2-8-19(13)10-14(20)18-9-11-4-6-12(16)7-5-11/h4-7,13H,2-3,8-10H2,1H3,(H,17,21)(H,18,20)/t13-/m1/s1. The Kier molecular flexibility index (Phi) is 5.59. The molecule has 114 valence electrons. The highest BCUT2D eigenvalue weighted by atomic mass is 35.5. The highest BCUT2D eigenvalue weighted by Crippen LogP contribution is 2.16. The summed E-state index contributed by atoms with van der Waals surface area (Å²) in [4.78, 5) is 25.6. The van der Waals surface area contributed by atoms with Crippen molar-refractivity contribution in [2.24, 2.45) is 0 Å². The van der Waals surface area contributed by atoms with E-state index in [1.165, 1.54) is 0 Å². The third-order valence-corrected chi connectivity index (χ3v) is 3.91. The molecule has 5 nitrogen and oxygen atoms in total. The van der Waals surface area contributed by atoms with Gasteiger partial charge < -0.3 is 10.6 Å². The van der Waals surface area contributed by atoms with Gasteiger partial charge in [-0.3, -0.25) is 14.5 Å². The zero-order valence-electron chi connectivity index (χ0n) is 12.1. The lowest BCUT2D eigenvalue weighted by molar-refractivity contribution is -0.127. The Morgan fingerprint density at radius 3 is 2.71 bits per heavy atom. The van der Waals surface area contributed by atoms with E-state index in [4.69, 9.17) is 11.6 Å². The average Bonchev–Trinajstić information content (AvgIpc) is 2.94. The van der Waals surface area contributed by atoms with Gasteiger partial charge in [0.2, 0.25) is 11.8 Å². The molecule has 2 rings (SSSR count). The number of likely N-dealkylation sites (tertiary alicyclic amines) is 1. The number of hydrogen-bond donors (Lipinski definition) is 2. The van der Waals surface area contributed by atoms with Gasteiger partial charge in [-0.25, -0.2) is 0 Å². The Balaban J connectivity index is 1.81. The number of carbonyl (C=O) groups is 2. The van der Waals surface area contributed by atoms with E-state index in [2.05, 4.69) is 10.6 Å². The maximum absolute atomic E-state index is 12.0. The highest BCUT2D eigenvalue weighted by molar-refractivity contribution is 6.30. The van der Waals surface area contributed by atoms with E-state index >= 15 is 0 Å². The van der Waals surface area contributed by atoms with E-state index in [0.29, 0.717) is 11.6 Å². The monoisotopic (exact) mass is 309 g/mol. The normalized spacial score (nSPS) is 18.5.